The highest BCUT2D eigenvalue weighted by Crippen LogP contribution is 2.42. The lowest BCUT2D eigenvalue weighted by atomic mass is 10.1. The van der Waals surface area contributed by atoms with Crippen molar-refractivity contribution in [2.75, 3.05) is 0 Å². The molecule has 1 saturated carbocycles. The molecule has 4 rings (SSSR count). The molecule has 3 aromatic rings. The Morgan fingerprint density at radius 1 is 1.28 bits per heavy atom. The highest BCUT2D eigenvalue weighted by atomic mass is 35.5. The number of alkyl halides is 3. The van der Waals surface area contributed by atoms with Gasteiger partial charge in [-0.05, 0) is 37.8 Å². The monoisotopic (exact) mass is 418 g/mol. The summed E-state index contributed by atoms with van der Waals surface area (Å²) in [6.45, 7) is 3.81. The molecule has 1 unspecified atom stereocenters. The maximum atomic E-state index is 13.0. The number of hydrogen-bond donors (Lipinski definition) is 0. The number of hydrogen-bond acceptors (Lipinski definition) is 3. The first kappa shape index (κ1) is 19.7. The van der Waals surface area contributed by atoms with Gasteiger partial charge in [0.25, 0.3) is 0 Å². The topological polar surface area (TPSA) is 43.6 Å². The fourth-order valence-electron chi connectivity index (χ4n) is 3.53. The Hall–Kier alpha value is -2.59. The second-order valence-electron chi connectivity index (χ2n) is 7.02. The number of aryl methyl sites for hydroxylation is 1. The van der Waals surface area contributed by atoms with Crippen LogP contribution in [0.5, 0.6) is 0 Å². The summed E-state index contributed by atoms with van der Waals surface area (Å²) in [5.74, 6) is 7.55. The molecule has 0 amide bonds. The maximum Gasteiger partial charge on any atom is 0.416 e. The van der Waals surface area contributed by atoms with Crippen LogP contribution in [0.15, 0.2) is 24.5 Å². The molecular formula is C21H18ClF3N4. The summed E-state index contributed by atoms with van der Waals surface area (Å²) in [6, 6.07) is 3.23. The van der Waals surface area contributed by atoms with Crippen LogP contribution < -0.4 is 0 Å². The highest BCUT2D eigenvalue weighted by Gasteiger charge is 2.35. The molecule has 29 heavy (non-hydrogen) atoms. The number of aromatic nitrogens is 4. The molecule has 1 fully saturated rings. The number of imidazole rings is 1. The first-order chi connectivity index (χ1) is 13.8. The minimum atomic E-state index is -4.46. The molecule has 4 nitrogen and oxygen atoms in total. The molecule has 1 aliphatic rings. The van der Waals surface area contributed by atoms with E-state index in [-0.39, 0.29) is 11.1 Å². The van der Waals surface area contributed by atoms with E-state index in [2.05, 4.69) is 21.8 Å². The Balaban J connectivity index is 1.91. The third-order valence-electron chi connectivity index (χ3n) is 5.06. The van der Waals surface area contributed by atoms with Crippen molar-refractivity contribution in [2.45, 2.75) is 45.3 Å². The van der Waals surface area contributed by atoms with Crippen molar-refractivity contribution in [3.05, 3.63) is 40.9 Å². The van der Waals surface area contributed by atoms with Gasteiger partial charge in [-0.3, -0.25) is 4.57 Å². The number of rotatable bonds is 4. The molecule has 0 spiro atoms. The Kier molecular flexibility index (Phi) is 4.99. The smallest absolute Gasteiger partial charge is 0.298 e. The zero-order valence-corrected chi connectivity index (χ0v) is 16.6. The predicted molar refractivity (Wildman–Crippen MR) is 105 cm³/mol. The van der Waals surface area contributed by atoms with Crippen molar-refractivity contribution in [1.82, 2.24) is 19.5 Å². The quantitative estimate of drug-likeness (QED) is 0.510. The number of nitrogens with zero attached hydrogens (tertiary/aromatic N) is 4. The van der Waals surface area contributed by atoms with Gasteiger partial charge in [0.1, 0.15) is 29.4 Å². The fraction of sp³-hybridized carbons (Fsp3) is 0.381. The van der Waals surface area contributed by atoms with Crippen LogP contribution in [0.25, 0.3) is 22.4 Å². The third-order valence-corrected chi connectivity index (χ3v) is 5.37. The molecule has 150 valence electrons. The summed E-state index contributed by atoms with van der Waals surface area (Å²) in [6.07, 6.45) is -0.191. The molecule has 0 radical (unpaired) electrons. The van der Waals surface area contributed by atoms with Crippen molar-refractivity contribution in [1.29, 1.82) is 0 Å². The Morgan fingerprint density at radius 2 is 2.03 bits per heavy atom. The first-order valence-corrected chi connectivity index (χ1v) is 9.74. The van der Waals surface area contributed by atoms with E-state index in [9.17, 15) is 13.2 Å². The molecule has 2 aromatic heterocycles. The van der Waals surface area contributed by atoms with Gasteiger partial charge in [-0.15, -0.1) is 5.92 Å². The molecule has 0 saturated heterocycles. The molecule has 1 aliphatic carbocycles. The second kappa shape index (κ2) is 7.34. The van der Waals surface area contributed by atoms with Crippen LogP contribution in [0.1, 0.15) is 44.1 Å². The number of halogens is 4. The molecule has 0 bridgehead atoms. The van der Waals surface area contributed by atoms with Crippen LogP contribution in [0, 0.1) is 17.8 Å². The lowest BCUT2D eigenvalue weighted by Crippen LogP contribution is -2.13. The largest absolute Gasteiger partial charge is 0.416 e. The fourth-order valence-corrected chi connectivity index (χ4v) is 3.80. The van der Waals surface area contributed by atoms with Gasteiger partial charge in [-0.25, -0.2) is 15.0 Å². The van der Waals surface area contributed by atoms with Gasteiger partial charge in [-0.1, -0.05) is 30.5 Å². The van der Waals surface area contributed by atoms with Crippen molar-refractivity contribution in [3.63, 3.8) is 0 Å². The number of benzene rings is 1. The molecular weight excluding hydrogens is 401 g/mol. The van der Waals surface area contributed by atoms with Gasteiger partial charge in [0, 0.05) is 12.0 Å². The van der Waals surface area contributed by atoms with Crippen LogP contribution >= 0.6 is 11.6 Å². The van der Waals surface area contributed by atoms with E-state index in [1.165, 1.54) is 12.4 Å². The van der Waals surface area contributed by atoms with Gasteiger partial charge in [-0.2, -0.15) is 13.2 Å². The van der Waals surface area contributed by atoms with Gasteiger partial charge in [0.05, 0.1) is 10.6 Å². The first-order valence-electron chi connectivity index (χ1n) is 9.36. The minimum Gasteiger partial charge on any atom is -0.298 e. The van der Waals surface area contributed by atoms with Crippen LogP contribution in [0.3, 0.4) is 0 Å². The Bertz CT molecular complexity index is 1140. The Morgan fingerprint density at radius 3 is 2.62 bits per heavy atom. The van der Waals surface area contributed by atoms with Crippen molar-refractivity contribution in [3.8, 4) is 23.1 Å². The van der Waals surface area contributed by atoms with Crippen LogP contribution in [0.2, 0.25) is 5.02 Å². The normalized spacial score (nSPS) is 15.2. The minimum absolute atomic E-state index is 0.0224. The zero-order valence-electron chi connectivity index (χ0n) is 15.9. The summed E-state index contributed by atoms with van der Waals surface area (Å²) < 4.78 is 41.0. The van der Waals surface area contributed by atoms with Crippen molar-refractivity contribution < 1.29 is 13.2 Å². The van der Waals surface area contributed by atoms with Crippen LogP contribution in [-0.4, -0.2) is 19.5 Å². The van der Waals surface area contributed by atoms with E-state index in [0.29, 0.717) is 34.8 Å². The van der Waals surface area contributed by atoms with Crippen molar-refractivity contribution >= 4 is 22.8 Å². The standard InChI is InChI=1S/C21H18ClF3N4/c1-3-5-16(12-6-7-12)29-17(4-2)28-19-18(26-11-27-20(19)29)14-9-8-13(10-15(14)22)21(23,24)25/h8-12,16H,4,6-7H2,1-2H3. The third kappa shape index (κ3) is 3.58. The molecule has 2 heterocycles. The van der Waals surface area contributed by atoms with E-state index in [0.717, 1.165) is 30.8 Å². The summed E-state index contributed by atoms with van der Waals surface area (Å²) in [5.41, 5.74) is 1.16. The summed E-state index contributed by atoms with van der Waals surface area (Å²) in [7, 11) is 0. The zero-order chi connectivity index (χ0) is 20.8. The van der Waals surface area contributed by atoms with E-state index in [1.54, 1.807) is 0 Å². The molecule has 0 aliphatic heterocycles. The lowest BCUT2D eigenvalue weighted by molar-refractivity contribution is -0.137. The van der Waals surface area contributed by atoms with Gasteiger partial charge >= 0.3 is 6.18 Å². The van der Waals surface area contributed by atoms with Gasteiger partial charge < -0.3 is 0 Å². The number of fused-ring (bicyclic) bond motifs is 1. The van der Waals surface area contributed by atoms with E-state index in [4.69, 9.17) is 16.6 Å². The summed E-state index contributed by atoms with van der Waals surface area (Å²) in [5, 5.41) is -0.0282. The lowest BCUT2D eigenvalue weighted by Gasteiger charge is -2.15. The molecule has 0 N–H and O–H groups in total. The van der Waals surface area contributed by atoms with E-state index >= 15 is 0 Å². The van der Waals surface area contributed by atoms with E-state index < -0.39 is 11.7 Å². The second-order valence-corrected chi connectivity index (χ2v) is 7.42. The molecule has 1 aromatic carbocycles. The Labute approximate surface area is 171 Å². The molecule has 1 atom stereocenters. The summed E-state index contributed by atoms with van der Waals surface area (Å²) >= 11 is 6.21. The maximum absolute atomic E-state index is 13.0. The van der Waals surface area contributed by atoms with Crippen LogP contribution in [-0.2, 0) is 12.6 Å². The van der Waals surface area contributed by atoms with Gasteiger partial charge in [0.15, 0.2) is 5.65 Å². The van der Waals surface area contributed by atoms with Gasteiger partial charge in [0.2, 0.25) is 0 Å². The average Bonchev–Trinajstić information content (AvgIpc) is 3.45. The van der Waals surface area contributed by atoms with E-state index in [1.807, 2.05) is 18.4 Å². The summed E-state index contributed by atoms with van der Waals surface area (Å²) in [4.78, 5) is 13.5. The van der Waals surface area contributed by atoms with Crippen LogP contribution in [0.4, 0.5) is 13.2 Å². The molecule has 8 heteroatoms. The predicted octanol–water partition coefficient (Wildman–Crippen LogP) is 5.70. The average molecular weight is 419 g/mol. The van der Waals surface area contributed by atoms with Crippen molar-refractivity contribution in [2.24, 2.45) is 5.92 Å². The SMILES string of the molecule is CC#CC(C1CC1)n1c(CC)nc2c(-c3ccc(C(F)(F)F)cc3Cl)ncnc21. The highest BCUT2D eigenvalue weighted by molar-refractivity contribution is 6.33.